The Morgan fingerprint density at radius 2 is 0.776 bits per heavy atom. The summed E-state index contributed by atoms with van der Waals surface area (Å²) in [5.74, 6) is 2.51. The lowest BCUT2D eigenvalue weighted by Crippen LogP contribution is -2.00. The molecule has 4 aromatic heterocycles. The van der Waals surface area contributed by atoms with Crippen molar-refractivity contribution >= 4 is 31.8 Å². The maximum atomic E-state index is 5.18. The molecule has 0 saturated heterocycles. The number of pyridine rings is 1. The highest BCUT2D eigenvalue weighted by Crippen LogP contribution is 2.39. The van der Waals surface area contributed by atoms with Gasteiger partial charge in [0.15, 0.2) is 23.3 Å². The molecular weight excluding hydrogens is 621 g/mol. The first kappa shape index (κ1) is 28.8. The Labute approximate surface area is 286 Å². The molecule has 0 amide bonds. The summed E-state index contributed by atoms with van der Waals surface area (Å²) in [7, 11) is 0. The van der Waals surface area contributed by atoms with Crippen LogP contribution in [0.1, 0.15) is 0 Å². The highest BCUT2D eigenvalue weighted by atomic mass is 32.1. The number of nitrogens with zero attached hydrogens (tertiary/aromatic N) is 6. The number of thiophene rings is 1. The van der Waals surface area contributed by atoms with Crippen LogP contribution in [0.3, 0.4) is 0 Å². The van der Waals surface area contributed by atoms with E-state index in [9.17, 15) is 0 Å². The third-order valence-electron chi connectivity index (χ3n) is 8.46. The van der Waals surface area contributed by atoms with Crippen molar-refractivity contribution in [2.75, 3.05) is 0 Å². The van der Waals surface area contributed by atoms with Crippen LogP contribution in [0.25, 0.3) is 88.4 Å². The molecule has 9 aromatic rings. The number of fused-ring (bicyclic) bond motifs is 3. The Morgan fingerprint density at radius 3 is 1.33 bits per heavy atom. The monoisotopic (exact) mass is 646 g/mol. The number of aromatic nitrogens is 6. The van der Waals surface area contributed by atoms with Crippen molar-refractivity contribution in [1.29, 1.82) is 0 Å². The molecule has 0 unspecified atom stereocenters. The van der Waals surface area contributed by atoms with Crippen LogP contribution in [0, 0.1) is 0 Å². The molecule has 0 saturated carbocycles. The van der Waals surface area contributed by atoms with Crippen molar-refractivity contribution in [2.24, 2.45) is 0 Å². The van der Waals surface area contributed by atoms with Gasteiger partial charge in [0.2, 0.25) is 0 Å². The van der Waals surface area contributed by atoms with Crippen molar-refractivity contribution in [1.82, 2.24) is 29.9 Å². The molecular formula is C42H26N6S. The van der Waals surface area contributed by atoms with E-state index in [1.54, 1.807) is 11.3 Å². The minimum Gasteiger partial charge on any atom is -0.245 e. The quantitative estimate of drug-likeness (QED) is 0.179. The van der Waals surface area contributed by atoms with Crippen LogP contribution < -0.4 is 0 Å². The van der Waals surface area contributed by atoms with Crippen LogP contribution in [0.4, 0.5) is 0 Å². The SMILES string of the molecule is c1ccc(-c2ccc(-c3nc(-c4ccc(-c5nc(-c6ccccc6)nc(-c6ccccc6)n5)cc4)nc4c3sc3ncccc34)cc2)cc1. The molecule has 0 aliphatic carbocycles. The lowest BCUT2D eigenvalue weighted by molar-refractivity contribution is 1.07. The summed E-state index contributed by atoms with van der Waals surface area (Å²) in [5.41, 5.74) is 8.81. The van der Waals surface area contributed by atoms with Crippen LogP contribution in [0.5, 0.6) is 0 Å². The smallest absolute Gasteiger partial charge is 0.164 e. The second kappa shape index (κ2) is 12.3. The molecule has 0 spiro atoms. The normalized spacial score (nSPS) is 11.3. The van der Waals surface area contributed by atoms with Gasteiger partial charge in [-0.1, -0.05) is 140 Å². The van der Waals surface area contributed by atoms with Gasteiger partial charge in [-0.2, -0.15) is 0 Å². The van der Waals surface area contributed by atoms with E-state index in [4.69, 9.17) is 24.9 Å². The van der Waals surface area contributed by atoms with Gasteiger partial charge < -0.3 is 0 Å². The Morgan fingerprint density at radius 1 is 0.347 bits per heavy atom. The molecule has 7 heteroatoms. The molecule has 0 radical (unpaired) electrons. The Hall–Kier alpha value is -6.44. The van der Waals surface area contributed by atoms with E-state index in [0.717, 1.165) is 59.5 Å². The van der Waals surface area contributed by atoms with Crippen molar-refractivity contribution in [3.63, 3.8) is 0 Å². The third kappa shape index (κ3) is 5.52. The zero-order chi connectivity index (χ0) is 32.6. The summed E-state index contributed by atoms with van der Waals surface area (Å²) in [6, 6.07) is 51.2. The first-order valence-corrected chi connectivity index (χ1v) is 16.8. The molecule has 49 heavy (non-hydrogen) atoms. The van der Waals surface area contributed by atoms with E-state index in [1.165, 1.54) is 5.56 Å². The van der Waals surface area contributed by atoms with E-state index in [-0.39, 0.29) is 0 Å². The molecule has 0 fully saturated rings. The minimum absolute atomic E-state index is 0.602. The fraction of sp³-hybridized carbons (Fsp3) is 0. The molecule has 0 aliphatic rings. The van der Waals surface area contributed by atoms with Gasteiger partial charge in [-0.25, -0.2) is 29.9 Å². The van der Waals surface area contributed by atoms with Gasteiger partial charge in [0.05, 0.1) is 15.9 Å². The van der Waals surface area contributed by atoms with Crippen molar-refractivity contribution in [3.05, 3.63) is 158 Å². The van der Waals surface area contributed by atoms with Gasteiger partial charge in [0, 0.05) is 39.4 Å². The maximum Gasteiger partial charge on any atom is 0.164 e. The van der Waals surface area contributed by atoms with Gasteiger partial charge in [-0.3, -0.25) is 0 Å². The number of hydrogen-bond donors (Lipinski definition) is 0. The molecule has 6 nitrogen and oxygen atoms in total. The maximum absolute atomic E-state index is 5.18. The van der Waals surface area contributed by atoms with E-state index in [0.29, 0.717) is 23.3 Å². The summed E-state index contributed by atoms with van der Waals surface area (Å²) in [5, 5.41) is 1.02. The predicted molar refractivity (Wildman–Crippen MR) is 199 cm³/mol. The van der Waals surface area contributed by atoms with Crippen molar-refractivity contribution in [2.45, 2.75) is 0 Å². The lowest BCUT2D eigenvalue weighted by atomic mass is 10.0. The summed E-state index contributed by atoms with van der Waals surface area (Å²) in [6.45, 7) is 0. The van der Waals surface area contributed by atoms with Crippen LogP contribution in [-0.2, 0) is 0 Å². The molecule has 9 rings (SSSR count). The van der Waals surface area contributed by atoms with Crippen molar-refractivity contribution < 1.29 is 0 Å². The van der Waals surface area contributed by atoms with Gasteiger partial charge >= 0.3 is 0 Å². The van der Waals surface area contributed by atoms with E-state index in [2.05, 4.69) is 59.6 Å². The van der Waals surface area contributed by atoms with E-state index < -0.39 is 0 Å². The molecule has 0 N–H and O–H groups in total. The lowest BCUT2D eigenvalue weighted by Gasteiger charge is -2.10. The number of benzene rings is 5. The summed E-state index contributed by atoms with van der Waals surface area (Å²) in [6.07, 6.45) is 1.83. The van der Waals surface area contributed by atoms with Crippen LogP contribution in [0.2, 0.25) is 0 Å². The average molecular weight is 647 g/mol. The second-order valence-electron chi connectivity index (χ2n) is 11.6. The highest BCUT2D eigenvalue weighted by molar-refractivity contribution is 7.25. The molecule has 230 valence electrons. The van der Waals surface area contributed by atoms with Gasteiger partial charge in [0.25, 0.3) is 0 Å². The number of hydrogen-bond acceptors (Lipinski definition) is 7. The molecule has 0 atom stereocenters. The van der Waals surface area contributed by atoms with Crippen LogP contribution >= 0.6 is 11.3 Å². The molecule has 0 aliphatic heterocycles. The van der Waals surface area contributed by atoms with Crippen LogP contribution in [-0.4, -0.2) is 29.9 Å². The first-order chi connectivity index (χ1) is 24.3. The second-order valence-corrected chi connectivity index (χ2v) is 12.6. The molecule has 0 bridgehead atoms. The standard InChI is InChI=1S/C42H26N6S/c1-4-11-27(12-5-1)28-18-20-29(21-19-28)35-37-36(34-17-10-26-43-42(34)49-37)45-38(44-35)32-22-24-33(25-23-32)41-47-39(30-13-6-2-7-14-30)46-40(48-41)31-15-8-3-9-16-31/h1-26H. The molecule has 5 aromatic carbocycles. The van der Waals surface area contributed by atoms with Crippen LogP contribution in [0.15, 0.2) is 158 Å². The van der Waals surface area contributed by atoms with Gasteiger partial charge in [0.1, 0.15) is 4.83 Å². The topological polar surface area (TPSA) is 77.3 Å². The largest absolute Gasteiger partial charge is 0.245 e. The minimum atomic E-state index is 0.602. The van der Waals surface area contributed by atoms with E-state index in [1.807, 2.05) is 103 Å². The van der Waals surface area contributed by atoms with E-state index >= 15 is 0 Å². The fourth-order valence-electron chi connectivity index (χ4n) is 5.96. The summed E-state index contributed by atoms with van der Waals surface area (Å²) >= 11 is 1.63. The average Bonchev–Trinajstić information content (AvgIpc) is 3.57. The van der Waals surface area contributed by atoms with Gasteiger partial charge in [-0.05, 0) is 23.3 Å². The fourth-order valence-corrected chi connectivity index (χ4v) is 7.05. The Kier molecular flexibility index (Phi) is 7.22. The summed E-state index contributed by atoms with van der Waals surface area (Å²) < 4.78 is 1.02. The van der Waals surface area contributed by atoms with Crippen molar-refractivity contribution in [3.8, 4) is 67.9 Å². The zero-order valence-corrected chi connectivity index (χ0v) is 26.9. The summed E-state index contributed by atoms with van der Waals surface area (Å²) in [4.78, 5) is 30.5. The first-order valence-electron chi connectivity index (χ1n) is 16.0. The Balaban J connectivity index is 1.14. The van der Waals surface area contributed by atoms with Gasteiger partial charge in [-0.15, -0.1) is 11.3 Å². The molecule has 4 heterocycles. The Bertz CT molecular complexity index is 2510. The number of rotatable bonds is 6. The highest BCUT2D eigenvalue weighted by Gasteiger charge is 2.18. The predicted octanol–water partition coefficient (Wildman–Crippen LogP) is 10.4. The third-order valence-corrected chi connectivity index (χ3v) is 9.57. The zero-order valence-electron chi connectivity index (χ0n) is 26.1.